The van der Waals surface area contributed by atoms with E-state index < -0.39 is 0 Å². The molecule has 26 heavy (non-hydrogen) atoms. The number of benzene rings is 1. The lowest BCUT2D eigenvalue weighted by molar-refractivity contribution is 0.310. The van der Waals surface area contributed by atoms with Gasteiger partial charge in [-0.3, -0.25) is 4.98 Å². The Labute approximate surface area is 152 Å². The lowest BCUT2D eigenvalue weighted by Gasteiger charge is -2.09. The van der Waals surface area contributed by atoms with Gasteiger partial charge in [0.05, 0.1) is 13.7 Å². The van der Waals surface area contributed by atoms with Gasteiger partial charge in [0.2, 0.25) is 5.95 Å². The van der Waals surface area contributed by atoms with Crippen LogP contribution in [0.25, 0.3) is 0 Å². The SMILES string of the molecule is CCOc1nc(Cc2ccc(OC)cc2)nc(NCc2ccncc2)n1. The van der Waals surface area contributed by atoms with E-state index in [4.69, 9.17) is 9.47 Å². The van der Waals surface area contributed by atoms with Crippen LogP contribution in [0.3, 0.4) is 0 Å². The summed E-state index contributed by atoms with van der Waals surface area (Å²) in [4.78, 5) is 17.2. The first-order chi connectivity index (χ1) is 12.8. The van der Waals surface area contributed by atoms with Crippen molar-refractivity contribution in [2.24, 2.45) is 0 Å². The summed E-state index contributed by atoms with van der Waals surface area (Å²) in [5, 5.41) is 3.21. The van der Waals surface area contributed by atoms with E-state index in [1.807, 2.05) is 43.3 Å². The number of nitrogens with one attached hydrogen (secondary N) is 1. The second kappa shape index (κ2) is 8.75. The first-order valence-electron chi connectivity index (χ1n) is 8.40. The molecule has 0 aliphatic heterocycles. The smallest absolute Gasteiger partial charge is 0.321 e. The molecule has 0 fully saturated rings. The van der Waals surface area contributed by atoms with Gasteiger partial charge in [-0.25, -0.2) is 0 Å². The molecule has 0 aliphatic rings. The maximum Gasteiger partial charge on any atom is 0.321 e. The van der Waals surface area contributed by atoms with E-state index in [0.29, 0.717) is 37.4 Å². The summed E-state index contributed by atoms with van der Waals surface area (Å²) in [6.07, 6.45) is 4.09. The minimum absolute atomic E-state index is 0.322. The zero-order valence-electron chi connectivity index (χ0n) is 14.8. The summed E-state index contributed by atoms with van der Waals surface area (Å²) < 4.78 is 10.7. The zero-order chi connectivity index (χ0) is 18.2. The Hall–Kier alpha value is -3.22. The maximum absolute atomic E-state index is 5.48. The van der Waals surface area contributed by atoms with Crippen molar-refractivity contribution in [3.05, 3.63) is 65.7 Å². The number of rotatable bonds is 8. The number of hydrogen-bond acceptors (Lipinski definition) is 7. The fraction of sp³-hybridized carbons (Fsp3) is 0.263. The first-order valence-corrected chi connectivity index (χ1v) is 8.40. The average Bonchev–Trinajstić information content (AvgIpc) is 2.68. The molecule has 1 aromatic carbocycles. The van der Waals surface area contributed by atoms with Gasteiger partial charge in [-0.1, -0.05) is 12.1 Å². The number of hydrogen-bond donors (Lipinski definition) is 1. The summed E-state index contributed by atoms with van der Waals surface area (Å²) in [6.45, 7) is 2.99. The van der Waals surface area contributed by atoms with Crippen molar-refractivity contribution in [1.29, 1.82) is 0 Å². The fourth-order valence-corrected chi connectivity index (χ4v) is 2.36. The molecule has 2 heterocycles. The average molecular weight is 351 g/mol. The van der Waals surface area contributed by atoms with Crippen LogP contribution in [0, 0.1) is 0 Å². The van der Waals surface area contributed by atoms with Gasteiger partial charge in [0.25, 0.3) is 0 Å². The quantitative estimate of drug-likeness (QED) is 0.668. The van der Waals surface area contributed by atoms with Crippen molar-refractivity contribution >= 4 is 5.95 Å². The van der Waals surface area contributed by atoms with Crippen LogP contribution in [0.1, 0.15) is 23.9 Å². The molecule has 1 N–H and O–H groups in total. The van der Waals surface area contributed by atoms with Crippen LogP contribution in [0.4, 0.5) is 5.95 Å². The number of pyridine rings is 1. The van der Waals surface area contributed by atoms with Gasteiger partial charge in [-0.2, -0.15) is 15.0 Å². The van der Waals surface area contributed by atoms with E-state index in [2.05, 4.69) is 25.3 Å². The lowest BCUT2D eigenvalue weighted by Crippen LogP contribution is -2.10. The van der Waals surface area contributed by atoms with Gasteiger partial charge in [0.15, 0.2) is 0 Å². The number of nitrogens with zero attached hydrogens (tertiary/aromatic N) is 4. The van der Waals surface area contributed by atoms with Gasteiger partial charge in [0, 0.05) is 25.4 Å². The van der Waals surface area contributed by atoms with Crippen molar-refractivity contribution < 1.29 is 9.47 Å². The molecule has 134 valence electrons. The Bertz CT molecular complexity index is 825. The van der Waals surface area contributed by atoms with E-state index >= 15 is 0 Å². The second-order valence-corrected chi connectivity index (χ2v) is 5.52. The molecule has 0 saturated carbocycles. The second-order valence-electron chi connectivity index (χ2n) is 5.52. The third kappa shape index (κ3) is 4.89. The molecule has 3 aromatic rings. The molecule has 0 spiro atoms. The third-order valence-corrected chi connectivity index (χ3v) is 3.66. The molecule has 0 amide bonds. The predicted octanol–water partition coefficient (Wildman–Crippen LogP) is 2.88. The van der Waals surface area contributed by atoms with Crippen LogP contribution >= 0.6 is 0 Å². The molecule has 7 nitrogen and oxygen atoms in total. The highest BCUT2D eigenvalue weighted by Crippen LogP contribution is 2.16. The lowest BCUT2D eigenvalue weighted by atomic mass is 10.1. The van der Waals surface area contributed by atoms with Crippen LogP contribution in [0.15, 0.2) is 48.8 Å². The van der Waals surface area contributed by atoms with Gasteiger partial charge in [-0.15, -0.1) is 0 Å². The summed E-state index contributed by atoms with van der Waals surface area (Å²) in [7, 11) is 1.65. The summed E-state index contributed by atoms with van der Waals surface area (Å²) >= 11 is 0. The molecule has 0 radical (unpaired) electrons. The Morgan fingerprint density at radius 3 is 2.38 bits per heavy atom. The van der Waals surface area contributed by atoms with Crippen LogP contribution < -0.4 is 14.8 Å². The highest BCUT2D eigenvalue weighted by molar-refractivity contribution is 5.32. The van der Waals surface area contributed by atoms with E-state index in [1.54, 1.807) is 19.5 Å². The largest absolute Gasteiger partial charge is 0.497 e. The highest BCUT2D eigenvalue weighted by Gasteiger charge is 2.09. The number of ether oxygens (including phenoxy) is 2. The predicted molar refractivity (Wildman–Crippen MR) is 98.4 cm³/mol. The monoisotopic (exact) mass is 351 g/mol. The number of methoxy groups -OCH3 is 1. The molecule has 0 unspecified atom stereocenters. The van der Waals surface area contributed by atoms with Gasteiger partial charge in [-0.05, 0) is 42.3 Å². The molecular weight excluding hydrogens is 330 g/mol. The zero-order valence-corrected chi connectivity index (χ0v) is 14.8. The fourth-order valence-electron chi connectivity index (χ4n) is 2.36. The molecule has 0 aliphatic carbocycles. The van der Waals surface area contributed by atoms with E-state index in [0.717, 1.165) is 16.9 Å². The first kappa shape index (κ1) is 17.6. The Morgan fingerprint density at radius 2 is 1.69 bits per heavy atom. The van der Waals surface area contributed by atoms with E-state index in [9.17, 15) is 0 Å². The standard InChI is InChI=1S/C19H21N5O2/c1-3-26-19-23-17(12-14-4-6-16(25-2)7-5-14)22-18(24-19)21-13-15-8-10-20-11-9-15/h4-11H,3,12-13H2,1-2H3,(H,21,22,23,24). The van der Waals surface area contributed by atoms with Gasteiger partial charge < -0.3 is 14.8 Å². The van der Waals surface area contributed by atoms with Crippen molar-refractivity contribution in [3.8, 4) is 11.8 Å². The topological polar surface area (TPSA) is 82.0 Å². The number of aromatic nitrogens is 4. The van der Waals surface area contributed by atoms with Crippen molar-refractivity contribution in [1.82, 2.24) is 19.9 Å². The van der Waals surface area contributed by atoms with Crippen LogP contribution in [-0.4, -0.2) is 33.7 Å². The molecule has 7 heteroatoms. The van der Waals surface area contributed by atoms with Crippen LogP contribution in [0.2, 0.25) is 0 Å². The third-order valence-electron chi connectivity index (χ3n) is 3.66. The van der Waals surface area contributed by atoms with E-state index in [-0.39, 0.29) is 0 Å². The molecule has 0 saturated heterocycles. The minimum Gasteiger partial charge on any atom is -0.497 e. The Balaban J connectivity index is 1.76. The summed E-state index contributed by atoms with van der Waals surface area (Å²) in [6, 6.07) is 12.0. The van der Waals surface area contributed by atoms with Crippen molar-refractivity contribution in [3.63, 3.8) is 0 Å². The maximum atomic E-state index is 5.48. The highest BCUT2D eigenvalue weighted by atomic mass is 16.5. The minimum atomic E-state index is 0.322. The van der Waals surface area contributed by atoms with Crippen LogP contribution in [0.5, 0.6) is 11.8 Å². The summed E-state index contributed by atoms with van der Waals surface area (Å²) in [5.74, 6) is 1.95. The Morgan fingerprint density at radius 1 is 0.923 bits per heavy atom. The molecule has 0 atom stereocenters. The van der Waals surface area contributed by atoms with Crippen molar-refractivity contribution in [2.75, 3.05) is 19.0 Å². The Kier molecular flexibility index (Phi) is 5.92. The van der Waals surface area contributed by atoms with E-state index in [1.165, 1.54) is 0 Å². The van der Waals surface area contributed by atoms with Gasteiger partial charge >= 0.3 is 6.01 Å². The van der Waals surface area contributed by atoms with Crippen molar-refractivity contribution in [2.45, 2.75) is 19.9 Å². The van der Waals surface area contributed by atoms with Crippen LogP contribution in [-0.2, 0) is 13.0 Å². The molecule has 3 rings (SSSR count). The molecular formula is C19H21N5O2. The number of anilines is 1. The summed E-state index contributed by atoms with van der Waals surface area (Å²) in [5.41, 5.74) is 2.18. The normalized spacial score (nSPS) is 10.4. The molecule has 0 bridgehead atoms. The molecule has 2 aromatic heterocycles. The van der Waals surface area contributed by atoms with Gasteiger partial charge in [0.1, 0.15) is 11.6 Å².